The van der Waals surface area contributed by atoms with Crippen LogP contribution in [0.3, 0.4) is 0 Å². The number of hydrogen-bond donors (Lipinski definition) is 0. The standard InChI is InChI=1S/C27H38N2O/c1-4-25(30)29-16-12-20-7-8-21-23-10-9-22(19-6-5-15-28-18-19)27(23,3)13-11-24(21)26(20,2)14-17-29/h5-6,9,15,18,20-21,23-24H,4,7-8,10-14,16-17H2,1-3H3. The van der Waals surface area contributed by atoms with Gasteiger partial charge in [0.2, 0.25) is 5.91 Å². The fourth-order valence-electron chi connectivity index (χ4n) is 8.21. The maximum absolute atomic E-state index is 12.4. The smallest absolute Gasteiger partial charge is 0.222 e. The number of aromatic nitrogens is 1. The van der Waals surface area contributed by atoms with Gasteiger partial charge in [-0.3, -0.25) is 9.78 Å². The largest absolute Gasteiger partial charge is 0.343 e. The molecule has 3 heteroatoms. The van der Waals surface area contributed by atoms with Crippen molar-refractivity contribution in [3.8, 4) is 0 Å². The van der Waals surface area contributed by atoms with Gasteiger partial charge in [-0.15, -0.1) is 0 Å². The van der Waals surface area contributed by atoms with E-state index in [1.54, 1.807) is 5.57 Å². The lowest BCUT2D eigenvalue weighted by atomic mass is 9.46. The van der Waals surface area contributed by atoms with Crippen LogP contribution in [0.15, 0.2) is 30.6 Å². The lowest BCUT2D eigenvalue weighted by molar-refractivity contribution is -0.130. The van der Waals surface area contributed by atoms with Crippen LogP contribution < -0.4 is 0 Å². The zero-order valence-electron chi connectivity index (χ0n) is 19.1. The molecule has 3 nitrogen and oxygen atoms in total. The number of likely N-dealkylation sites (tertiary alicyclic amines) is 1. The quantitative estimate of drug-likeness (QED) is 0.606. The predicted octanol–water partition coefficient (Wildman–Crippen LogP) is 5.97. The first-order valence-electron chi connectivity index (χ1n) is 12.4. The minimum absolute atomic E-state index is 0.308. The molecular weight excluding hydrogens is 368 g/mol. The minimum atomic E-state index is 0.308. The van der Waals surface area contributed by atoms with Gasteiger partial charge in [0.15, 0.2) is 0 Å². The predicted molar refractivity (Wildman–Crippen MR) is 122 cm³/mol. The first kappa shape index (κ1) is 20.3. The number of rotatable bonds is 2. The van der Waals surface area contributed by atoms with E-state index in [0.29, 0.717) is 23.2 Å². The van der Waals surface area contributed by atoms with Gasteiger partial charge in [0.1, 0.15) is 0 Å². The van der Waals surface area contributed by atoms with Gasteiger partial charge in [0.25, 0.3) is 0 Å². The Morgan fingerprint density at radius 3 is 2.77 bits per heavy atom. The summed E-state index contributed by atoms with van der Waals surface area (Å²) in [6.45, 7) is 9.11. The number of carbonyl (C=O) groups excluding carboxylic acids is 1. The summed E-state index contributed by atoms with van der Waals surface area (Å²) in [4.78, 5) is 19.0. The van der Waals surface area contributed by atoms with Crippen LogP contribution in [0.4, 0.5) is 0 Å². The molecule has 0 aromatic carbocycles. The molecule has 3 fully saturated rings. The Bertz CT molecular complexity index is 833. The van der Waals surface area contributed by atoms with Gasteiger partial charge in [-0.2, -0.15) is 0 Å². The summed E-state index contributed by atoms with van der Waals surface area (Å²) in [5.41, 5.74) is 3.61. The zero-order chi connectivity index (χ0) is 20.9. The molecule has 0 spiro atoms. The molecule has 0 bridgehead atoms. The molecule has 6 atom stereocenters. The molecule has 5 rings (SSSR count). The number of nitrogens with zero attached hydrogens (tertiary/aromatic N) is 2. The molecule has 1 saturated heterocycles. The monoisotopic (exact) mass is 406 g/mol. The Hall–Kier alpha value is -1.64. The van der Waals surface area contributed by atoms with E-state index in [1.807, 2.05) is 13.1 Å². The van der Waals surface area contributed by atoms with Crippen molar-refractivity contribution in [3.05, 3.63) is 36.2 Å². The Morgan fingerprint density at radius 2 is 2.00 bits per heavy atom. The average molecular weight is 407 g/mol. The highest BCUT2D eigenvalue weighted by Crippen LogP contribution is 2.66. The van der Waals surface area contributed by atoms with Crippen molar-refractivity contribution >= 4 is 11.5 Å². The number of carbonyl (C=O) groups is 1. The van der Waals surface area contributed by atoms with Crippen molar-refractivity contribution in [2.24, 2.45) is 34.5 Å². The molecule has 1 aromatic rings. The maximum Gasteiger partial charge on any atom is 0.222 e. The molecule has 0 N–H and O–H groups in total. The van der Waals surface area contributed by atoms with E-state index in [0.717, 1.165) is 36.8 Å². The molecule has 2 saturated carbocycles. The Kier molecular flexibility index (Phi) is 5.07. The van der Waals surface area contributed by atoms with Crippen molar-refractivity contribution < 1.29 is 4.79 Å². The van der Waals surface area contributed by atoms with Crippen molar-refractivity contribution in [1.29, 1.82) is 0 Å². The fraction of sp³-hybridized carbons (Fsp3) is 0.704. The summed E-state index contributed by atoms with van der Waals surface area (Å²) in [6.07, 6.45) is 16.2. The van der Waals surface area contributed by atoms with Crippen LogP contribution in [0.1, 0.15) is 77.7 Å². The first-order chi connectivity index (χ1) is 14.5. The molecule has 1 aromatic heterocycles. The topological polar surface area (TPSA) is 33.2 Å². The second kappa shape index (κ2) is 7.50. The zero-order valence-corrected chi connectivity index (χ0v) is 19.1. The summed E-state index contributed by atoms with van der Waals surface area (Å²) in [6, 6.07) is 4.33. The molecular formula is C27H38N2O. The molecule has 6 unspecified atom stereocenters. The van der Waals surface area contributed by atoms with E-state index in [9.17, 15) is 4.79 Å². The van der Waals surface area contributed by atoms with Crippen LogP contribution in [0.25, 0.3) is 5.57 Å². The number of amides is 1. The van der Waals surface area contributed by atoms with Crippen LogP contribution in [0.2, 0.25) is 0 Å². The molecule has 30 heavy (non-hydrogen) atoms. The van der Waals surface area contributed by atoms with E-state index in [2.05, 4.69) is 48.1 Å². The minimum Gasteiger partial charge on any atom is -0.343 e. The van der Waals surface area contributed by atoms with Crippen LogP contribution in [0.5, 0.6) is 0 Å². The van der Waals surface area contributed by atoms with Gasteiger partial charge >= 0.3 is 0 Å². The maximum atomic E-state index is 12.4. The van der Waals surface area contributed by atoms with Gasteiger partial charge < -0.3 is 4.90 Å². The molecule has 2 heterocycles. The molecule has 0 radical (unpaired) electrons. The summed E-state index contributed by atoms with van der Waals surface area (Å²) < 4.78 is 0. The van der Waals surface area contributed by atoms with Gasteiger partial charge in [0, 0.05) is 31.9 Å². The number of allylic oxidation sites excluding steroid dienone is 2. The Morgan fingerprint density at radius 1 is 1.13 bits per heavy atom. The van der Waals surface area contributed by atoms with Gasteiger partial charge in [-0.25, -0.2) is 0 Å². The normalized spacial score (nSPS) is 40.6. The first-order valence-corrected chi connectivity index (χ1v) is 12.4. The van der Waals surface area contributed by atoms with Crippen LogP contribution in [-0.4, -0.2) is 28.9 Å². The van der Waals surface area contributed by atoms with Crippen LogP contribution >= 0.6 is 0 Å². The molecule has 162 valence electrons. The van der Waals surface area contributed by atoms with Gasteiger partial charge in [-0.05, 0) is 96.7 Å². The number of fused-ring (bicyclic) bond motifs is 5. The van der Waals surface area contributed by atoms with E-state index < -0.39 is 0 Å². The average Bonchev–Trinajstić information content (AvgIpc) is 3.02. The second-order valence-corrected chi connectivity index (χ2v) is 11.0. The highest BCUT2D eigenvalue weighted by Gasteiger charge is 2.58. The van der Waals surface area contributed by atoms with Crippen LogP contribution in [-0.2, 0) is 4.79 Å². The van der Waals surface area contributed by atoms with Gasteiger partial charge in [-0.1, -0.05) is 32.9 Å². The van der Waals surface area contributed by atoms with Crippen molar-refractivity contribution in [2.45, 2.75) is 72.1 Å². The summed E-state index contributed by atoms with van der Waals surface area (Å²) in [7, 11) is 0. The Balaban J connectivity index is 1.39. The molecule has 4 aliphatic rings. The Labute approximate surface area is 182 Å². The van der Waals surface area contributed by atoms with Crippen molar-refractivity contribution in [1.82, 2.24) is 9.88 Å². The van der Waals surface area contributed by atoms with Crippen LogP contribution in [0, 0.1) is 34.5 Å². The molecule has 1 amide bonds. The molecule has 3 aliphatic carbocycles. The van der Waals surface area contributed by atoms with Gasteiger partial charge in [0.05, 0.1) is 0 Å². The third-order valence-corrected chi connectivity index (χ3v) is 9.94. The van der Waals surface area contributed by atoms with E-state index in [4.69, 9.17) is 0 Å². The lowest BCUT2D eigenvalue weighted by Gasteiger charge is -2.58. The summed E-state index contributed by atoms with van der Waals surface area (Å²) in [5.74, 6) is 3.59. The lowest BCUT2D eigenvalue weighted by Crippen LogP contribution is -2.51. The summed E-state index contributed by atoms with van der Waals surface area (Å²) >= 11 is 0. The number of hydrogen-bond acceptors (Lipinski definition) is 2. The fourth-order valence-corrected chi connectivity index (χ4v) is 8.21. The van der Waals surface area contributed by atoms with E-state index >= 15 is 0 Å². The van der Waals surface area contributed by atoms with Crippen molar-refractivity contribution in [2.75, 3.05) is 13.1 Å². The third-order valence-electron chi connectivity index (χ3n) is 9.94. The third kappa shape index (κ3) is 2.99. The molecule has 1 aliphatic heterocycles. The van der Waals surface area contributed by atoms with E-state index in [1.165, 1.54) is 50.5 Å². The van der Waals surface area contributed by atoms with Crippen molar-refractivity contribution in [3.63, 3.8) is 0 Å². The highest BCUT2D eigenvalue weighted by molar-refractivity contribution is 5.75. The number of pyridine rings is 1. The summed E-state index contributed by atoms with van der Waals surface area (Å²) in [5, 5.41) is 0. The SMILES string of the molecule is CCC(=O)N1CCC2CCC3C4CC=C(c5cccnc5)C4(C)CCC3C2(C)CC1. The highest BCUT2D eigenvalue weighted by atomic mass is 16.2. The van der Waals surface area contributed by atoms with E-state index in [-0.39, 0.29) is 0 Å². The second-order valence-electron chi connectivity index (χ2n) is 11.0.